The molecule has 13 heavy (non-hydrogen) atoms. The number of Topliss-reactive ketones (excluding diaryl/α,β-unsaturated/α-hetero) is 1. The topological polar surface area (TPSA) is 37.3 Å². The van der Waals surface area contributed by atoms with Gasteiger partial charge < -0.3 is 5.11 Å². The molecule has 0 radical (unpaired) electrons. The maximum atomic E-state index is 11.3. The molecule has 1 rings (SSSR count). The maximum absolute atomic E-state index is 11.3. The predicted molar refractivity (Wildman–Crippen MR) is 57.0 cm³/mol. The fraction of sp³-hybridized carbons (Fsp3) is 0.444. The summed E-state index contributed by atoms with van der Waals surface area (Å²) in [7, 11) is 0. The Bertz CT molecular complexity index is 283. The lowest BCUT2D eigenvalue weighted by atomic mass is 10.1. The van der Waals surface area contributed by atoms with Gasteiger partial charge in [-0.05, 0) is 28.4 Å². The third kappa shape index (κ3) is 4.02. The summed E-state index contributed by atoms with van der Waals surface area (Å²) in [6.07, 6.45) is 1.55. The molecule has 0 saturated heterocycles. The second-order valence-electron chi connectivity index (χ2n) is 2.77. The van der Waals surface area contributed by atoms with Crippen LogP contribution < -0.4 is 0 Å². The van der Waals surface area contributed by atoms with Crippen molar-refractivity contribution in [2.45, 2.75) is 19.3 Å². The van der Waals surface area contributed by atoms with Crippen molar-refractivity contribution in [2.75, 3.05) is 6.61 Å². The van der Waals surface area contributed by atoms with Crippen LogP contribution in [-0.4, -0.2) is 17.5 Å². The lowest BCUT2D eigenvalue weighted by molar-refractivity contribution is -0.118. The first-order valence-electron chi connectivity index (χ1n) is 4.08. The first-order chi connectivity index (χ1) is 6.22. The van der Waals surface area contributed by atoms with Crippen LogP contribution in [0, 0.1) is 0 Å². The van der Waals surface area contributed by atoms with Crippen molar-refractivity contribution in [2.24, 2.45) is 0 Å². The van der Waals surface area contributed by atoms with Crippen LogP contribution in [-0.2, 0) is 11.2 Å². The highest BCUT2D eigenvalue weighted by Crippen LogP contribution is 2.20. The molecule has 1 aromatic rings. The number of carbonyl (C=O) groups is 1. The Morgan fingerprint density at radius 1 is 1.62 bits per heavy atom. The van der Waals surface area contributed by atoms with Crippen molar-refractivity contribution in [3.8, 4) is 0 Å². The number of thiophene rings is 1. The molecule has 0 bridgehead atoms. The van der Waals surface area contributed by atoms with Crippen molar-refractivity contribution in [1.82, 2.24) is 0 Å². The van der Waals surface area contributed by atoms with Gasteiger partial charge in [-0.2, -0.15) is 0 Å². The minimum Gasteiger partial charge on any atom is -0.396 e. The van der Waals surface area contributed by atoms with Gasteiger partial charge in [-0.3, -0.25) is 4.79 Å². The summed E-state index contributed by atoms with van der Waals surface area (Å²) in [5, 5.41) is 10.5. The molecule has 0 spiro atoms. The van der Waals surface area contributed by atoms with Gasteiger partial charge in [0.1, 0.15) is 5.78 Å². The number of aliphatic hydroxyl groups excluding tert-OH is 1. The highest BCUT2D eigenvalue weighted by molar-refractivity contribution is 9.10. The number of carbonyl (C=O) groups excluding carboxylic acids is 1. The third-order valence-corrected chi connectivity index (χ3v) is 3.30. The molecule has 0 unspecified atom stereocenters. The van der Waals surface area contributed by atoms with E-state index < -0.39 is 0 Å². The van der Waals surface area contributed by atoms with Gasteiger partial charge in [0.2, 0.25) is 0 Å². The van der Waals surface area contributed by atoms with Crippen molar-refractivity contribution >= 4 is 33.0 Å². The van der Waals surface area contributed by atoms with Crippen molar-refractivity contribution < 1.29 is 9.90 Å². The number of aliphatic hydroxyl groups is 1. The van der Waals surface area contributed by atoms with E-state index in [0.29, 0.717) is 19.3 Å². The fourth-order valence-electron chi connectivity index (χ4n) is 1.01. The predicted octanol–water partition coefficient (Wildman–Crippen LogP) is 2.39. The van der Waals surface area contributed by atoms with E-state index in [1.807, 2.05) is 11.4 Å². The molecular formula is C9H11BrO2S. The van der Waals surface area contributed by atoms with Crippen molar-refractivity contribution in [1.29, 1.82) is 0 Å². The smallest absolute Gasteiger partial charge is 0.138 e. The largest absolute Gasteiger partial charge is 0.396 e. The molecule has 0 saturated carbocycles. The van der Waals surface area contributed by atoms with Crippen LogP contribution in [0.1, 0.15) is 17.7 Å². The van der Waals surface area contributed by atoms with E-state index in [1.54, 1.807) is 11.3 Å². The van der Waals surface area contributed by atoms with E-state index in [9.17, 15) is 4.79 Å². The summed E-state index contributed by atoms with van der Waals surface area (Å²) >= 11 is 4.91. The van der Waals surface area contributed by atoms with Crippen molar-refractivity contribution in [3.63, 3.8) is 0 Å². The summed E-state index contributed by atoms with van der Waals surface area (Å²) in [5.41, 5.74) is 0. The van der Waals surface area contributed by atoms with Gasteiger partial charge in [-0.25, -0.2) is 0 Å². The standard InChI is InChI=1S/C9H11BrO2S/c10-7-4-9(13-6-7)5-8(12)2-1-3-11/h4,6,11H,1-3,5H2. The molecular weight excluding hydrogens is 252 g/mol. The fourth-order valence-corrected chi connectivity index (χ4v) is 2.49. The summed E-state index contributed by atoms with van der Waals surface area (Å²) in [4.78, 5) is 12.3. The highest BCUT2D eigenvalue weighted by Gasteiger charge is 2.05. The Morgan fingerprint density at radius 2 is 2.38 bits per heavy atom. The van der Waals surface area contributed by atoms with Gasteiger partial charge in [0.05, 0.1) is 0 Å². The van der Waals surface area contributed by atoms with Gasteiger partial charge >= 0.3 is 0 Å². The van der Waals surface area contributed by atoms with Crippen LogP contribution >= 0.6 is 27.3 Å². The summed E-state index contributed by atoms with van der Waals surface area (Å²) in [5.74, 6) is 0.198. The second kappa shape index (κ2) is 5.52. The van der Waals surface area contributed by atoms with Gasteiger partial charge in [0.25, 0.3) is 0 Å². The quantitative estimate of drug-likeness (QED) is 0.885. The second-order valence-corrected chi connectivity index (χ2v) is 4.69. The lowest BCUT2D eigenvalue weighted by Crippen LogP contribution is -2.01. The molecule has 1 heterocycles. The van der Waals surface area contributed by atoms with Crippen LogP contribution in [0.5, 0.6) is 0 Å². The average molecular weight is 263 g/mol. The van der Waals surface area contributed by atoms with E-state index in [-0.39, 0.29) is 12.4 Å². The van der Waals surface area contributed by atoms with E-state index in [1.165, 1.54) is 0 Å². The molecule has 4 heteroatoms. The Labute approximate surface area is 89.7 Å². The number of ketones is 1. The first-order valence-corrected chi connectivity index (χ1v) is 5.75. The van der Waals surface area contributed by atoms with Crippen LogP contribution in [0.15, 0.2) is 15.9 Å². The number of halogens is 1. The summed E-state index contributed by atoms with van der Waals surface area (Å²) in [6, 6.07) is 1.96. The van der Waals surface area contributed by atoms with Gasteiger partial charge in [0.15, 0.2) is 0 Å². The van der Waals surface area contributed by atoms with Gasteiger partial charge in [0, 0.05) is 34.2 Å². The van der Waals surface area contributed by atoms with E-state index in [0.717, 1.165) is 9.35 Å². The molecule has 0 aliphatic rings. The number of hydrogen-bond donors (Lipinski definition) is 1. The highest BCUT2D eigenvalue weighted by atomic mass is 79.9. The number of hydrogen-bond acceptors (Lipinski definition) is 3. The normalized spacial score (nSPS) is 10.3. The minimum absolute atomic E-state index is 0.0971. The molecule has 0 aromatic carbocycles. The Balaban J connectivity index is 2.36. The Hall–Kier alpha value is -0.190. The van der Waals surface area contributed by atoms with E-state index >= 15 is 0 Å². The molecule has 0 aliphatic heterocycles. The van der Waals surface area contributed by atoms with Crippen LogP contribution in [0.4, 0.5) is 0 Å². The van der Waals surface area contributed by atoms with Crippen LogP contribution in [0.2, 0.25) is 0 Å². The Morgan fingerprint density at radius 3 is 2.92 bits per heavy atom. The molecule has 1 aromatic heterocycles. The monoisotopic (exact) mass is 262 g/mol. The zero-order chi connectivity index (χ0) is 9.68. The molecule has 72 valence electrons. The molecule has 2 nitrogen and oxygen atoms in total. The lowest BCUT2D eigenvalue weighted by Gasteiger charge is -1.95. The number of rotatable bonds is 5. The van der Waals surface area contributed by atoms with Crippen molar-refractivity contribution in [3.05, 3.63) is 20.8 Å². The SMILES string of the molecule is O=C(CCCO)Cc1cc(Br)cs1. The molecule has 0 fully saturated rings. The molecule has 0 aliphatic carbocycles. The first kappa shape index (κ1) is 10.9. The van der Waals surface area contributed by atoms with Gasteiger partial charge in [-0.1, -0.05) is 0 Å². The zero-order valence-corrected chi connectivity index (χ0v) is 9.53. The average Bonchev–Trinajstić information content (AvgIpc) is 2.48. The minimum atomic E-state index is 0.0971. The van der Waals surface area contributed by atoms with E-state index in [2.05, 4.69) is 15.9 Å². The third-order valence-electron chi connectivity index (χ3n) is 1.61. The summed E-state index contributed by atoms with van der Waals surface area (Å²) < 4.78 is 1.03. The maximum Gasteiger partial charge on any atom is 0.138 e. The molecule has 0 atom stereocenters. The van der Waals surface area contributed by atoms with Crippen LogP contribution in [0.25, 0.3) is 0 Å². The van der Waals surface area contributed by atoms with Gasteiger partial charge in [-0.15, -0.1) is 11.3 Å². The molecule has 1 N–H and O–H groups in total. The summed E-state index contributed by atoms with van der Waals surface area (Å²) in [6.45, 7) is 0.0971. The Kier molecular flexibility index (Phi) is 4.62. The van der Waals surface area contributed by atoms with E-state index in [4.69, 9.17) is 5.11 Å². The zero-order valence-electron chi connectivity index (χ0n) is 7.12. The molecule has 0 amide bonds. The van der Waals surface area contributed by atoms with Crippen LogP contribution in [0.3, 0.4) is 0 Å².